The van der Waals surface area contributed by atoms with E-state index >= 15 is 0 Å². The van der Waals surface area contributed by atoms with Gasteiger partial charge in [0.2, 0.25) is 0 Å². The van der Waals surface area contributed by atoms with Crippen molar-refractivity contribution in [2.24, 2.45) is 34.5 Å². The van der Waals surface area contributed by atoms with Gasteiger partial charge >= 0.3 is 11.9 Å². The Morgan fingerprint density at radius 2 is 1.92 bits per heavy atom. The van der Waals surface area contributed by atoms with Gasteiger partial charge in [-0.1, -0.05) is 59.8 Å². The van der Waals surface area contributed by atoms with Gasteiger partial charge in [0.15, 0.2) is 0 Å². The normalized spacial score (nSPS) is 39.1. The van der Waals surface area contributed by atoms with Crippen LogP contribution in [0.5, 0.6) is 0 Å². The molecular formula is C31H50O5. The number of aliphatic hydroxyl groups is 1. The molecule has 0 aromatic rings. The van der Waals surface area contributed by atoms with Crippen LogP contribution in [0.1, 0.15) is 118 Å². The molecule has 0 bridgehead atoms. The van der Waals surface area contributed by atoms with Crippen LogP contribution < -0.4 is 0 Å². The third-order valence-electron chi connectivity index (χ3n) is 10.8. The Hall–Kier alpha value is -1.36. The first-order valence-corrected chi connectivity index (χ1v) is 14.8. The number of fused-ring (bicyclic) bond motifs is 1. The maximum atomic E-state index is 12.9. The van der Waals surface area contributed by atoms with Gasteiger partial charge in [-0.15, -0.1) is 0 Å². The number of carbonyl (C=O) groups excluding carboxylic acids is 2. The first-order valence-electron chi connectivity index (χ1n) is 14.8. The minimum atomic E-state index is -0.863. The number of cyclic esters (lactones) is 1. The van der Waals surface area contributed by atoms with Crippen molar-refractivity contribution in [2.75, 3.05) is 6.61 Å². The zero-order valence-electron chi connectivity index (χ0n) is 23.4. The molecule has 0 aromatic carbocycles. The SMILES string of the molecule is CC(=O)O[C@@H]1C[C@@H](C)[C@](O)(CCC2=CC(=O)OC2)[C@@]2(CCCC(C)C)CCC[C@@](C)(C3CCCC3)[C@H]12. The van der Waals surface area contributed by atoms with Gasteiger partial charge in [0.1, 0.15) is 12.7 Å². The van der Waals surface area contributed by atoms with Crippen LogP contribution in [0.3, 0.4) is 0 Å². The van der Waals surface area contributed by atoms with Crippen molar-refractivity contribution in [1.29, 1.82) is 0 Å². The second-order valence-corrected chi connectivity index (χ2v) is 13.4. The van der Waals surface area contributed by atoms with Crippen LogP contribution in [-0.2, 0) is 19.1 Å². The Morgan fingerprint density at radius 3 is 2.53 bits per heavy atom. The highest BCUT2D eigenvalue weighted by atomic mass is 16.5. The zero-order chi connectivity index (χ0) is 26.1. The second-order valence-electron chi connectivity index (χ2n) is 13.4. The minimum Gasteiger partial charge on any atom is -0.462 e. The van der Waals surface area contributed by atoms with E-state index in [9.17, 15) is 14.7 Å². The maximum absolute atomic E-state index is 12.9. The Labute approximate surface area is 218 Å². The smallest absolute Gasteiger partial charge is 0.331 e. The van der Waals surface area contributed by atoms with Gasteiger partial charge in [0, 0.05) is 24.3 Å². The lowest BCUT2D eigenvalue weighted by Crippen LogP contribution is -2.69. The molecule has 204 valence electrons. The molecule has 4 rings (SSSR count). The van der Waals surface area contributed by atoms with E-state index < -0.39 is 5.60 Å². The van der Waals surface area contributed by atoms with Gasteiger partial charge in [0.05, 0.1) is 5.60 Å². The number of hydrogen-bond acceptors (Lipinski definition) is 5. The van der Waals surface area contributed by atoms with Crippen LogP contribution in [0.2, 0.25) is 0 Å². The summed E-state index contributed by atoms with van der Waals surface area (Å²) in [6, 6.07) is 0. The fourth-order valence-corrected chi connectivity index (χ4v) is 9.26. The van der Waals surface area contributed by atoms with E-state index in [2.05, 4.69) is 27.7 Å². The standard InChI is InChI=1S/C31H50O5/c1-21(2)10-8-15-30-16-9-14-29(5,25-11-6-7-12-25)28(30)26(36-23(4)32)18-22(3)31(30,34)17-13-24-19-27(33)35-20-24/h19,21-22,25-26,28,34H,6-18,20H2,1-5H3/t22-,26-,28+,29+,30+,31-/m1/s1. The summed E-state index contributed by atoms with van der Waals surface area (Å²) in [7, 11) is 0. The molecule has 3 fully saturated rings. The average Bonchev–Trinajstić information content (AvgIpc) is 3.48. The minimum absolute atomic E-state index is 0.0155. The van der Waals surface area contributed by atoms with E-state index in [0.29, 0.717) is 37.7 Å². The highest BCUT2D eigenvalue weighted by Gasteiger charge is 2.68. The van der Waals surface area contributed by atoms with Crippen molar-refractivity contribution in [3.05, 3.63) is 11.6 Å². The van der Waals surface area contributed by atoms with Crippen molar-refractivity contribution in [1.82, 2.24) is 0 Å². The summed E-state index contributed by atoms with van der Waals surface area (Å²) in [5.41, 5.74) is -0.102. The molecule has 0 amide bonds. The zero-order valence-corrected chi connectivity index (χ0v) is 23.4. The number of hydrogen-bond donors (Lipinski definition) is 1. The summed E-state index contributed by atoms with van der Waals surface area (Å²) in [5, 5.41) is 12.9. The topological polar surface area (TPSA) is 72.8 Å². The predicted octanol–water partition coefficient (Wildman–Crippen LogP) is 6.76. The van der Waals surface area contributed by atoms with Crippen LogP contribution in [-0.4, -0.2) is 35.4 Å². The highest BCUT2D eigenvalue weighted by Crippen LogP contribution is 2.69. The summed E-state index contributed by atoms with van der Waals surface area (Å²) in [6.07, 6.45) is 15.1. The Morgan fingerprint density at radius 1 is 1.19 bits per heavy atom. The lowest BCUT2D eigenvalue weighted by molar-refractivity contribution is -0.268. The molecule has 36 heavy (non-hydrogen) atoms. The Balaban J connectivity index is 1.77. The summed E-state index contributed by atoms with van der Waals surface area (Å²) >= 11 is 0. The average molecular weight is 503 g/mol. The molecule has 3 aliphatic carbocycles. The van der Waals surface area contributed by atoms with Crippen LogP contribution >= 0.6 is 0 Å². The monoisotopic (exact) mass is 502 g/mol. The van der Waals surface area contributed by atoms with Crippen LogP contribution in [0.4, 0.5) is 0 Å². The fourth-order valence-electron chi connectivity index (χ4n) is 9.26. The third-order valence-corrected chi connectivity index (χ3v) is 10.8. The molecular weight excluding hydrogens is 452 g/mol. The van der Waals surface area contributed by atoms with Crippen molar-refractivity contribution in [3.63, 3.8) is 0 Å². The largest absolute Gasteiger partial charge is 0.462 e. The Kier molecular flexibility index (Phi) is 8.29. The predicted molar refractivity (Wildman–Crippen MR) is 141 cm³/mol. The van der Waals surface area contributed by atoms with Gasteiger partial charge in [0.25, 0.3) is 0 Å². The summed E-state index contributed by atoms with van der Waals surface area (Å²) in [4.78, 5) is 24.1. The van der Waals surface area contributed by atoms with E-state index in [0.717, 1.165) is 44.1 Å². The lowest BCUT2D eigenvalue weighted by atomic mass is 9.39. The molecule has 0 unspecified atom stereocenters. The van der Waals surface area contributed by atoms with Crippen molar-refractivity contribution in [2.45, 2.75) is 130 Å². The molecule has 5 nitrogen and oxygen atoms in total. The quantitative estimate of drug-likeness (QED) is 0.353. The van der Waals surface area contributed by atoms with Gasteiger partial charge in [-0.05, 0) is 80.1 Å². The maximum Gasteiger partial charge on any atom is 0.331 e. The summed E-state index contributed by atoms with van der Waals surface area (Å²) in [6.45, 7) is 11.1. The molecule has 3 saturated carbocycles. The molecule has 1 N–H and O–H groups in total. The molecule has 0 spiro atoms. The van der Waals surface area contributed by atoms with E-state index in [1.165, 1.54) is 25.7 Å². The van der Waals surface area contributed by atoms with Crippen LogP contribution in [0.25, 0.3) is 0 Å². The van der Waals surface area contributed by atoms with Gasteiger partial charge < -0.3 is 14.6 Å². The van der Waals surface area contributed by atoms with E-state index in [1.54, 1.807) is 13.0 Å². The van der Waals surface area contributed by atoms with E-state index in [1.807, 2.05) is 0 Å². The van der Waals surface area contributed by atoms with Crippen molar-refractivity contribution in [3.8, 4) is 0 Å². The fraction of sp³-hybridized carbons (Fsp3) is 0.871. The molecule has 5 heteroatoms. The second kappa shape index (κ2) is 10.8. The molecule has 4 aliphatic rings. The van der Waals surface area contributed by atoms with E-state index in [4.69, 9.17) is 9.47 Å². The van der Waals surface area contributed by atoms with E-state index in [-0.39, 0.29) is 40.7 Å². The van der Waals surface area contributed by atoms with Gasteiger partial charge in [-0.2, -0.15) is 0 Å². The Bertz CT molecular complexity index is 842. The van der Waals surface area contributed by atoms with Crippen molar-refractivity contribution >= 4 is 11.9 Å². The number of rotatable bonds is 9. The van der Waals surface area contributed by atoms with Crippen LogP contribution in [0.15, 0.2) is 11.6 Å². The number of ether oxygens (including phenoxy) is 2. The lowest BCUT2D eigenvalue weighted by Gasteiger charge is -2.67. The summed E-state index contributed by atoms with van der Waals surface area (Å²) < 4.78 is 11.4. The first kappa shape index (κ1) is 27.7. The first-order chi connectivity index (χ1) is 17.0. The number of carbonyl (C=O) groups is 2. The van der Waals surface area contributed by atoms with Gasteiger partial charge in [-0.25, -0.2) is 4.79 Å². The molecule has 6 atom stereocenters. The molecule has 1 aliphatic heterocycles. The number of esters is 2. The highest BCUT2D eigenvalue weighted by molar-refractivity contribution is 5.85. The molecule has 0 radical (unpaired) electrons. The van der Waals surface area contributed by atoms with Gasteiger partial charge in [-0.3, -0.25) is 4.79 Å². The summed E-state index contributed by atoms with van der Waals surface area (Å²) in [5.74, 6) is 0.970. The third kappa shape index (κ3) is 5.02. The van der Waals surface area contributed by atoms with Crippen molar-refractivity contribution < 1.29 is 24.2 Å². The van der Waals surface area contributed by atoms with Crippen LogP contribution in [0, 0.1) is 34.5 Å². The molecule has 0 aromatic heterocycles. The molecule has 1 heterocycles. The molecule has 0 saturated heterocycles.